The van der Waals surface area contributed by atoms with E-state index in [1.54, 1.807) is 18.6 Å². The highest BCUT2D eigenvalue weighted by atomic mass is 32.5. The summed E-state index contributed by atoms with van der Waals surface area (Å²) in [6, 6.07) is 0. The number of alkyl halides is 1. The number of halogens is 1. The average Bonchev–Trinajstić information content (AvgIpc) is 3.69. The van der Waals surface area contributed by atoms with Gasteiger partial charge >= 0.3 is 13.4 Å². The van der Waals surface area contributed by atoms with Gasteiger partial charge in [-0.05, 0) is 30.5 Å². The molecule has 2 bridgehead atoms. The summed E-state index contributed by atoms with van der Waals surface area (Å²) in [6.45, 7) is -7.35. The Kier molecular flexibility index (Phi) is 8.03. The molecule has 0 amide bonds. The van der Waals surface area contributed by atoms with Crippen molar-refractivity contribution in [2.45, 2.75) is 44.7 Å². The zero-order valence-corrected chi connectivity index (χ0v) is 25.1. The van der Waals surface area contributed by atoms with Crippen LogP contribution in [0.4, 0.5) is 4.39 Å². The summed E-state index contributed by atoms with van der Waals surface area (Å²) in [6.07, 6.45) is -3.37. The topological polar surface area (TPSA) is 194 Å². The third kappa shape index (κ3) is 6.11. The van der Waals surface area contributed by atoms with Crippen molar-refractivity contribution in [3.05, 3.63) is 40.0 Å². The van der Waals surface area contributed by atoms with Crippen LogP contribution in [0.15, 0.2) is 22.8 Å². The van der Waals surface area contributed by atoms with Gasteiger partial charge in [0, 0.05) is 6.20 Å². The van der Waals surface area contributed by atoms with E-state index < -0.39 is 50.2 Å². The Morgan fingerprint density at radius 3 is 2.83 bits per heavy atom. The summed E-state index contributed by atoms with van der Waals surface area (Å²) in [5.74, 6) is 0.848. The molecule has 0 saturated carbocycles. The van der Waals surface area contributed by atoms with Crippen molar-refractivity contribution < 1.29 is 37.0 Å². The van der Waals surface area contributed by atoms with Crippen LogP contribution in [0, 0.1) is 6.92 Å². The van der Waals surface area contributed by atoms with E-state index in [1.807, 2.05) is 0 Å². The number of imidazole rings is 1. The Morgan fingerprint density at radius 2 is 2.05 bits per heavy atom. The normalized spacial score (nSPS) is 31.5. The third-order valence-corrected chi connectivity index (χ3v) is 9.99. The maximum Gasteiger partial charge on any atom is 0.325 e. The molecule has 1 saturated heterocycles. The molecule has 41 heavy (non-hydrogen) atoms. The smallest absolute Gasteiger partial charge is 0.325 e. The van der Waals surface area contributed by atoms with Gasteiger partial charge in [-0.3, -0.25) is 18.9 Å². The van der Waals surface area contributed by atoms with Crippen LogP contribution in [0.1, 0.15) is 17.9 Å². The molecule has 2 aliphatic rings. The summed E-state index contributed by atoms with van der Waals surface area (Å²) in [5, 5.41) is 4.42. The first kappa shape index (κ1) is 29.2. The number of rotatable bonds is 2. The second kappa shape index (κ2) is 11.3. The molecule has 22 heteroatoms. The van der Waals surface area contributed by atoms with Crippen LogP contribution in [-0.2, 0) is 59.6 Å². The van der Waals surface area contributed by atoms with Gasteiger partial charge in [0.25, 0.3) is 5.56 Å². The molecule has 2 unspecified atom stereocenters. The number of H-pyrrole nitrogens is 1. The van der Waals surface area contributed by atoms with Crippen molar-refractivity contribution in [1.29, 1.82) is 0 Å². The molecule has 6 atom stereocenters. The Morgan fingerprint density at radius 1 is 1.22 bits per heavy atom. The van der Waals surface area contributed by atoms with Gasteiger partial charge in [0.15, 0.2) is 35.2 Å². The van der Waals surface area contributed by atoms with Crippen molar-refractivity contribution in [3.63, 3.8) is 0 Å². The first-order valence-corrected chi connectivity index (χ1v) is 17.9. The largest absolute Gasteiger partial charge is 0.346 e. The van der Waals surface area contributed by atoms with Crippen molar-refractivity contribution in [2.75, 3.05) is 13.2 Å². The van der Waals surface area contributed by atoms with Crippen LogP contribution in [-0.4, -0.2) is 80.6 Å². The molecule has 3 N–H and O–H groups in total. The fourth-order valence-corrected chi connectivity index (χ4v) is 7.25. The number of hydrogen-bond acceptors (Lipinski definition) is 14. The Bertz CT molecular complexity index is 1730. The lowest BCUT2D eigenvalue weighted by atomic mass is 10.1. The number of fused-ring (bicyclic) bond motifs is 4. The van der Waals surface area contributed by atoms with E-state index >= 15 is 4.39 Å². The second-order valence-electron chi connectivity index (χ2n) is 8.83. The number of hydrogen-bond donors (Lipinski definition) is 3. The highest BCUT2D eigenvalue weighted by Crippen LogP contribution is 2.52. The first-order valence-electron chi connectivity index (χ1n) is 11.8. The molecule has 1 fully saturated rings. The molecule has 220 valence electrons. The van der Waals surface area contributed by atoms with Gasteiger partial charge in [-0.25, -0.2) is 24.0 Å². The van der Waals surface area contributed by atoms with E-state index in [9.17, 15) is 14.6 Å². The highest BCUT2D eigenvalue weighted by Gasteiger charge is 2.50. The van der Waals surface area contributed by atoms with Gasteiger partial charge in [-0.1, -0.05) is 0 Å². The van der Waals surface area contributed by atoms with Crippen molar-refractivity contribution in [3.8, 4) is 10.7 Å². The van der Waals surface area contributed by atoms with Gasteiger partial charge in [0.1, 0.15) is 24.6 Å². The molecule has 0 radical (unpaired) electrons. The molecule has 2 aliphatic heterocycles. The maximum atomic E-state index is 15.9. The molecular weight excluding hydrogens is 645 g/mol. The Labute approximate surface area is 244 Å². The Hall–Kier alpha value is -1.93. The van der Waals surface area contributed by atoms with Crippen molar-refractivity contribution in [1.82, 2.24) is 39.3 Å². The number of aryl methyl sites for hydroxylation is 1. The highest BCUT2D eigenvalue weighted by molar-refractivity contribution is 8.07. The number of aromatic amines is 1. The van der Waals surface area contributed by atoms with Crippen LogP contribution < -0.4 is 5.56 Å². The van der Waals surface area contributed by atoms with Crippen LogP contribution in [0.3, 0.4) is 0 Å². The molecule has 0 aromatic carbocycles. The molecule has 6 rings (SSSR count). The van der Waals surface area contributed by atoms with Gasteiger partial charge < -0.3 is 33.1 Å². The van der Waals surface area contributed by atoms with Gasteiger partial charge in [-0.2, -0.15) is 0 Å². The van der Waals surface area contributed by atoms with E-state index in [0.717, 1.165) is 0 Å². The lowest BCUT2D eigenvalue weighted by Crippen LogP contribution is -2.32. The number of aromatic nitrogens is 8. The third-order valence-electron chi connectivity index (χ3n) is 6.06. The van der Waals surface area contributed by atoms with Crippen LogP contribution in [0.2, 0.25) is 0 Å². The first-order chi connectivity index (χ1) is 19.5. The second-order valence-corrected chi connectivity index (χ2v) is 15.3. The SMILES string of the molecule is Cc1nc2c(ncn2[C@@H]2O[C@@H]3COP(O)(=S)OCCn4nc(-c5cncs5)nc4COP(O)(=S)O[C@@H]2[C@@H]3F)c(=O)[nH]1. The van der Waals surface area contributed by atoms with Crippen LogP contribution in [0.5, 0.6) is 0 Å². The molecule has 4 aromatic heterocycles. The molecule has 0 spiro atoms. The van der Waals surface area contributed by atoms with E-state index in [-0.39, 0.29) is 42.6 Å². The predicted octanol–water partition coefficient (Wildman–Crippen LogP) is 1.46. The summed E-state index contributed by atoms with van der Waals surface area (Å²) in [5.41, 5.74) is 1.17. The van der Waals surface area contributed by atoms with Crippen LogP contribution >= 0.6 is 24.8 Å². The zero-order chi connectivity index (χ0) is 28.9. The molecule has 6 heterocycles. The number of ether oxygens (including phenoxy) is 1. The summed E-state index contributed by atoms with van der Waals surface area (Å²) in [7, 11) is 0. The van der Waals surface area contributed by atoms with Gasteiger partial charge in [0.2, 0.25) is 0 Å². The fraction of sp³-hybridized carbons (Fsp3) is 0.474. The minimum absolute atomic E-state index is 0.0229. The van der Waals surface area contributed by atoms with Gasteiger partial charge in [0.05, 0.1) is 36.5 Å². The summed E-state index contributed by atoms with van der Waals surface area (Å²) in [4.78, 5) is 53.9. The molecular formula is C19H21FN8O8P2S3. The number of nitrogens with zero attached hydrogens (tertiary/aromatic N) is 7. The van der Waals surface area contributed by atoms with Crippen molar-refractivity contribution in [2.24, 2.45) is 0 Å². The van der Waals surface area contributed by atoms with Crippen molar-refractivity contribution >= 4 is 59.6 Å². The van der Waals surface area contributed by atoms with E-state index in [2.05, 4.69) is 30.0 Å². The molecule has 0 aliphatic carbocycles. The quantitative estimate of drug-likeness (QED) is 0.260. The standard InChI is InChI=1S/C19H21FN8O8P2S3/c1-9-23-17-14(18(29)24-9)22-7-27(17)19-15-13(20)10(35-19)5-33-37(30,39)32-3-2-28-12(6-34-38(31,40)36-15)25-16(26-28)11-4-21-8-41-11/h4,7-8,10,13,15,19H,2-3,5-6H2,1H3,(H,30,39)(H,31,40)(H,23,24,29)/t10-,13-,15-,19-,37?,38?/m1/s1. The van der Waals surface area contributed by atoms with E-state index in [0.29, 0.717) is 10.7 Å². The minimum Gasteiger partial charge on any atom is -0.346 e. The number of nitrogens with one attached hydrogen (secondary N) is 1. The maximum absolute atomic E-state index is 15.9. The predicted molar refractivity (Wildman–Crippen MR) is 147 cm³/mol. The monoisotopic (exact) mass is 666 g/mol. The Balaban J connectivity index is 1.35. The average molecular weight is 667 g/mol. The van der Waals surface area contributed by atoms with Crippen LogP contribution in [0.25, 0.3) is 21.9 Å². The summed E-state index contributed by atoms with van der Waals surface area (Å²) < 4.78 is 46.5. The van der Waals surface area contributed by atoms with E-state index in [4.69, 9.17) is 46.4 Å². The zero-order valence-electron chi connectivity index (χ0n) is 20.8. The fourth-order valence-electron chi connectivity index (χ4n) is 4.25. The lowest BCUT2D eigenvalue weighted by molar-refractivity contribution is -0.0465. The molecule has 16 nitrogen and oxygen atoms in total. The summed E-state index contributed by atoms with van der Waals surface area (Å²) >= 11 is 11.6. The number of thiazole rings is 1. The van der Waals surface area contributed by atoms with E-state index in [1.165, 1.54) is 26.9 Å². The minimum atomic E-state index is -4.14. The van der Waals surface area contributed by atoms with Gasteiger partial charge in [-0.15, -0.1) is 16.4 Å². The lowest BCUT2D eigenvalue weighted by Gasteiger charge is -2.25. The molecule has 4 aromatic rings.